The van der Waals surface area contributed by atoms with Gasteiger partial charge in [-0.25, -0.2) is 0 Å². The van der Waals surface area contributed by atoms with Crippen molar-refractivity contribution in [3.05, 3.63) is 90.1 Å². The number of carbonyl (C=O) groups is 1. The van der Waals surface area contributed by atoms with Crippen molar-refractivity contribution in [1.29, 1.82) is 5.26 Å². The third-order valence-electron chi connectivity index (χ3n) is 4.31. The highest BCUT2D eigenvalue weighted by molar-refractivity contribution is 6.05. The van der Waals surface area contributed by atoms with Gasteiger partial charge in [0.2, 0.25) is 0 Å². The van der Waals surface area contributed by atoms with Crippen LogP contribution in [0.2, 0.25) is 0 Å². The number of para-hydroxylation sites is 2. The number of hydrogen-bond donors (Lipinski definition) is 3. The standard InChI is InChI=1S/C23H21N5O/c1-2-11-26-14-16-12-19(13-24)22(27-15-16)17-7-9-18(10-8-17)23(29)28-21-6-4-3-5-20(21)25/h2-10,12,15,26H,1,11,14,25H2,(H,28,29). The van der Waals surface area contributed by atoms with E-state index < -0.39 is 0 Å². The Bertz CT molecular complexity index is 1070. The molecule has 0 radical (unpaired) electrons. The van der Waals surface area contributed by atoms with Crippen LogP contribution in [-0.4, -0.2) is 17.4 Å². The second-order valence-corrected chi connectivity index (χ2v) is 6.39. The van der Waals surface area contributed by atoms with E-state index in [4.69, 9.17) is 5.73 Å². The minimum absolute atomic E-state index is 0.258. The molecule has 3 rings (SSSR count). The molecule has 3 aromatic rings. The van der Waals surface area contributed by atoms with Crippen molar-refractivity contribution in [1.82, 2.24) is 10.3 Å². The molecule has 4 N–H and O–H groups in total. The zero-order valence-corrected chi connectivity index (χ0v) is 15.9. The van der Waals surface area contributed by atoms with Gasteiger partial charge in [-0.1, -0.05) is 30.3 Å². The largest absolute Gasteiger partial charge is 0.397 e. The molecule has 0 bridgehead atoms. The molecule has 0 aliphatic rings. The molecule has 1 aromatic heterocycles. The van der Waals surface area contributed by atoms with Crippen LogP contribution in [0.3, 0.4) is 0 Å². The van der Waals surface area contributed by atoms with E-state index in [1.165, 1.54) is 0 Å². The molecule has 0 saturated carbocycles. The van der Waals surface area contributed by atoms with Crippen molar-refractivity contribution in [3.63, 3.8) is 0 Å². The molecular formula is C23H21N5O. The van der Waals surface area contributed by atoms with Gasteiger partial charge >= 0.3 is 0 Å². The van der Waals surface area contributed by atoms with E-state index in [0.29, 0.717) is 41.3 Å². The summed E-state index contributed by atoms with van der Waals surface area (Å²) in [4.78, 5) is 16.9. The predicted molar refractivity (Wildman–Crippen MR) is 115 cm³/mol. The molecule has 6 nitrogen and oxygen atoms in total. The summed E-state index contributed by atoms with van der Waals surface area (Å²) in [5.74, 6) is -0.258. The van der Waals surface area contributed by atoms with Gasteiger partial charge in [-0.3, -0.25) is 9.78 Å². The van der Waals surface area contributed by atoms with E-state index in [9.17, 15) is 10.1 Å². The molecule has 1 amide bonds. The summed E-state index contributed by atoms with van der Waals surface area (Å²) in [6.45, 7) is 4.95. The van der Waals surface area contributed by atoms with Crippen molar-refractivity contribution in [2.45, 2.75) is 6.54 Å². The lowest BCUT2D eigenvalue weighted by Gasteiger charge is -2.09. The van der Waals surface area contributed by atoms with Gasteiger partial charge in [0.15, 0.2) is 0 Å². The fourth-order valence-corrected chi connectivity index (χ4v) is 2.82. The smallest absolute Gasteiger partial charge is 0.255 e. The highest BCUT2D eigenvalue weighted by Crippen LogP contribution is 2.23. The fraction of sp³-hybridized carbons (Fsp3) is 0.0870. The monoisotopic (exact) mass is 383 g/mol. The summed E-state index contributed by atoms with van der Waals surface area (Å²) in [5, 5.41) is 15.5. The normalized spacial score (nSPS) is 10.2. The van der Waals surface area contributed by atoms with Gasteiger partial charge in [-0.05, 0) is 35.9 Å². The molecule has 6 heteroatoms. The lowest BCUT2D eigenvalue weighted by molar-refractivity contribution is 0.102. The molecule has 0 spiro atoms. The number of carbonyl (C=O) groups excluding carboxylic acids is 1. The number of nitrogens with zero attached hydrogens (tertiary/aromatic N) is 2. The molecule has 0 aliphatic heterocycles. The summed E-state index contributed by atoms with van der Waals surface area (Å²) in [6.07, 6.45) is 3.52. The fourth-order valence-electron chi connectivity index (χ4n) is 2.82. The zero-order chi connectivity index (χ0) is 20.6. The molecule has 0 aliphatic carbocycles. The van der Waals surface area contributed by atoms with Crippen molar-refractivity contribution in [3.8, 4) is 17.3 Å². The number of hydrogen-bond acceptors (Lipinski definition) is 5. The van der Waals surface area contributed by atoms with Gasteiger partial charge in [0.25, 0.3) is 5.91 Å². The number of aromatic nitrogens is 1. The van der Waals surface area contributed by atoms with Crippen LogP contribution in [-0.2, 0) is 6.54 Å². The van der Waals surface area contributed by atoms with Gasteiger partial charge in [0.05, 0.1) is 22.6 Å². The Kier molecular flexibility index (Phi) is 6.36. The van der Waals surface area contributed by atoms with Crippen LogP contribution in [0.25, 0.3) is 11.3 Å². The van der Waals surface area contributed by atoms with Gasteiger partial charge < -0.3 is 16.4 Å². The van der Waals surface area contributed by atoms with Crippen LogP contribution in [0.4, 0.5) is 11.4 Å². The molecule has 2 aromatic carbocycles. The van der Waals surface area contributed by atoms with E-state index in [1.54, 1.807) is 60.8 Å². The van der Waals surface area contributed by atoms with Crippen LogP contribution in [0.5, 0.6) is 0 Å². The molecule has 0 fully saturated rings. The number of rotatable bonds is 7. The van der Waals surface area contributed by atoms with Crippen LogP contribution >= 0.6 is 0 Å². The summed E-state index contributed by atoms with van der Waals surface area (Å²) >= 11 is 0. The maximum atomic E-state index is 12.5. The van der Waals surface area contributed by atoms with Gasteiger partial charge in [-0.2, -0.15) is 5.26 Å². The Balaban J connectivity index is 1.77. The number of nitriles is 1. The van der Waals surface area contributed by atoms with Crippen LogP contribution < -0.4 is 16.4 Å². The summed E-state index contributed by atoms with van der Waals surface area (Å²) < 4.78 is 0. The molecule has 144 valence electrons. The average molecular weight is 383 g/mol. The number of benzene rings is 2. The Morgan fingerprint density at radius 2 is 1.97 bits per heavy atom. The summed E-state index contributed by atoms with van der Waals surface area (Å²) in [7, 11) is 0. The number of nitrogens with two attached hydrogens (primary N) is 1. The van der Waals surface area contributed by atoms with E-state index in [2.05, 4.69) is 28.3 Å². The Labute approximate surface area is 169 Å². The van der Waals surface area contributed by atoms with Crippen LogP contribution in [0, 0.1) is 11.3 Å². The molecule has 0 unspecified atom stereocenters. The van der Waals surface area contributed by atoms with Gasteiger partial charge in [0.1, 0.15) is 6.07 Å². The van der Waals surface area contributed by atoms with E-state index in [0.717, 1.165) is 11.1 Å². The van der Waals surface area contributed by atoms with Crippen molar-refractivity contribution >= 4 is 17.3 Å². The third kappa shape index (κ3) is 4.86. The second-order valence-electron chi connectivity index (χ2n) is 6.39. The minimum Gasteiger partial charge on any atom is -0.397 e. The zero-order valence-electron chi connectivity index (χ0n) is 15.9. The first-order chi connectivity index (χ1) is 14.1. The molecule has 0 atom stereocenters. The Morgan fingerprint density at radius 3 is 2.66 bits per heavy atom. The number of pyridine rings is 1. The maximum Gasteiger partial charge on any atom is 0.255 e. The topological polar surface area (TPSA) is 104 Å². The number of amides is 1. The minimum atomic E-state index is -0.258. The maximum absolute atomic E-state index is 12.5. The number of nitrogen functional groups attached to an aromatic ring is 1. The third-order valence-corrected chi connectivity index (χ3v) is 4.31. The van der Waals surface area contributed by atoms with Crippen molar-refractivity contribution < 1.29 is 4.79 Å². The first kappa shape index (κ1) is 19.8. The lowest BCUT2D eigenvalue weighted by atomic mass is 10.0. The number of nitrogens with one attached hydrogen (secondary N) is 2. The lowest BCUT2D eigenvalue weighted by Crippen LogP contribution is -2.13. The second kappa shape index (κ2) is 9.31. The highest BCUT2D eigenvalue weighted by Gasteiger charge is 2.11. The molecule has 0 saturated heterocycles. The highest BCUT2D eigenvalue weighted by atomic mass is 16.1. The van der Waals surface area contributed by atoms with Gasteiger partial charge in [0, 0.05) is 30.4 Å². The van der Waals surface area contributed by atoms with E-state index >= 15 is 0 Å². The van der Waals surface area contributed by atoms with E-state index in [-0.39, 0.29) is 5.91 Å². The Morgan fingerprint density at radius 1 is 1.21 bits per heavy atom. The summed E-state index contributed by atoms with van der Waals surface area (Å²) in [5.41, 5.74) is 10.2. The first-order valence-electron chi connectivity index (χ1n) is 9.09. The summed E-state index contributed by atoms with van der Waals surface area (Å²) in [6, 6.07) is 18.1. The SMILES string of the molecule is C=CCNCc1cnc(-c2ccc(C(=O)Nc3ccccc3N)cc2)c(C#N)c1. The molecule has 29 heavy (non-hydrogen) atoms. The average Bonchev–Trinajstić information content (AvgIpc) is 2.75. The number of anilines is 2. The van der Waals surface area contributed by atoms with Gasteiger partial charge in [-0.15, -0.1) is 6.58 Å². The van der Waals surface area contributed by atoms with E-state index in [1.807, 2.05) is 6.07 Å². The van der Waals surface area contributed by atoms with Crippen molar-refractivity contribution in [2.24, 2.45) is 0 Å². The quantitative estimate of drug-likeness (QED) is 0.328. The van der Waals surface area contributed by atoms with Crippen molar-refractivity contribution in [2.75, 3.05) is 17.6 Å². The Hall–Kier alpha value is -3.95. The molecule has 1 heterocycles. The first-order valence-corrected chi connectivity index (χ1v) is 9.09. The molecular weight excluding hydrogens is 362 g/mol. The predicted octanol–water partition coefficient (Wildman–Crippen LogP) is 3.73. The van der Waals surface area contributed by atoms with Crippen LogP contribution in [0.15, 0.2) is 73.4 Å². The van der Waals surface area contributed by atoms with Crippen LogP contribution in [0.1, 0.15) is 21.5 Å².